The first-order chi connectivity index (χ1) is 15.5. The standard InChI is InChI=1S/C22H18BrF3N4O3/c1-28-19-18(20(31)29(2)21(28)32)30(11-13-5-3-7-15(23)9-13)12-17(27-19)33-16-8-4-6-14(10-16)22(24,25)26/h3-10H,11-12H2,1-2H3. The van der Waals surface area contributed by atoms with E-state index in [2.05, 4.69) is 20.9 Å². The van der Waals surface area contributed by atoms with Crippen LogP contribution in [0.1, 0.15) is 11.1 Å². The Morgan fingerprint density at radius 1 is 1.06 bits per heavy atom. The van der Waals surface area contributed by atoms with Gasteiger partial charge in [0.1, 0.15) is 11.4 Å². The van der Waals surface area contributed by atoms with E-state index in [1.807, 2.05) is 24.3 Å². The number of hydrogen-bond acceptors (Lipinski definition) is 5. The molecule has 3 aromatic rings. The average Bonchev–Trinajstić information content (AvgIpc) is 2.75. The third kappa shape index (κ3) is 4.58. The monoisotopic (exact) mass is 522 g/mol. The molecule has 0 atom stereocenters. The van der Waals surface area contributed by atoms with Gasteiger partial charge in [-0.2, -0.15) is 18.2 Å². The lowest BCUT2D eigenvalue weighted by Gasteiger charge is -2.30. The Morgan fingerprint density at radius 2 is 1.79 bits per heavy atom. The molecule has 11 heteroatoms. The van der Waals surface area contributed by atoms with E-state index < -0.39 is 23.0 Å². The molecule has 1 aliphatic rings. The molecule has 0 bridgehead atoms. The third-order valence-electron chi connectivity index (χ3n) is 5.14. The van der Waals surface area contributed by atoms with Crippen LogP contribution >= 0.6 is 15.9 Å². The summed E-state index contributed by atoms with van der Waals surface area (Å²) in [5, 5.41) is 0. The number of fused-ring (bicyclic) bond motifs is 1. The summed E-state index contributed by atoms with van der Waals surface area (Å²) in [6.45, 7) is 0.300. The summed E-state index contributed by atoms with van der Waals surface area (Å²) in [5.41, 5.74) is -0.887. The van der Waals surface area contributed by atoms with Gasteiger partial charge in [-0.3, -0.25) is 13.9 Å². The molecule has 0 unspecified atom stereocenters. The van der Waals surface area contributed by atoms with Crippen molar-refractivity contribution in [3.05, 3.63) is 85.0 Å². The van der Waals surface area contributed by atoms with Gasteiger partial charge in [-0.25, -0.2) is 4.79 Å². The minimum absolute atomic E-state index is 0.0171. The van der Waals surface area contributed by atoms with E-state index in [0.717, 1.165) is 26.7 Å². The fourth-order valence-electron chi connectivity index (χ4n) is 3.53. The van der Waals surface area contributed by atoms with Gasteiger partial charge in [0.05, 0.1) is 12.1 Å². The van der Waals surface area contributed by atoms with Crippen LogP contribution in [0.15, 0.2) is 67.6 Å². The van der Waals surface area contributed by atoms with Gasteiger partial charge in [0.15, 0.2) is 5.82 Å². The highest BCUT2D eigenvalue weighted by Gasteiger charge is 2.31. The van der Waals surface area contributed by atoms with E-state index in [0.29, 0.717) is 0 Å². The van der Waals surface area contributed by atoms with E-state index in [4.69, 9.17) is 4.74 Å². The van der Waals surface area contributed by atoms with Crippen molar-refractivity contribution in [3.8, 4) is 5.75 Å². The number of anilines is 1. The average molecular weight is 523 g/mol. The van der Waals surface area contributed by atoms with E-state index in [9.17, 15) is 22.8 Å². The van der Waals surface area contributed by atoms with Crippen LogP contribution in [-0.2, 0) is 26.8 Å². The maximum Gasteiger partial charge on any atom is 0.416 e. The Balaban J connectivity index is 1.78. The molecular weight excluding hydrogens is 505 g/mol. The molecule has 0 aliphatic carbocycles. The lowest BCUT2D eigenvalue weighted by Crippen LogP contribution is -2.45. The van der Waals surface area contributed by atoms with Gasteiger partial charge in [0, 0.05) is 25.1 Å². The van der Waals surface area contributed by atoms with Crippen LogP contribution in [0.2, 0.25) is 0 Å². The predicted molar refractivity (Wildman–Crippen MR) is 121 cm³/mol. The van der Waals surface area contributed by atoms with Crippen molar-refractivity contribution < 1.29 is 17.9 Å². The lowest BCUT2D eigenvalue weighted by atomic mass is 10.2. The maximum absolute atomic E-state index is 13.1. The normalized spacial score (nSPS) is 13.5. The van der Waals surface area contributed by atoms with Crippen LogP contribution in [0.5, 0.6) is 5.75 Å². The highest BCUT2D eigenvalue weighted by Crippen LogP contribution is 2.33. The van der Waals surface area contributed by atoms with Crippen molar-refractivity contribution in [1.29, 1.82) is 0 Å². The molecule has 4 rings (SSSR count). The number of halogens is 4. The number of aliphatic imine (C=N–C) groups is 1. The number of alkyl halides is 3. The van der Waals surface area contributed by atoms with Crippen LogP contribution in [0, 0.1) is 0 Å². The third-order valence-corrected chi connectivity index (χ3v) is 5.64. The summed E-state index contributed by atoms with van der Waals surface area (Å²) in [5.74, 6) is 0.0784. The quantitative estimate of drug-likeness (QED) is 0.521. The van der Waals surface area contributed by atoms with Crippen molar-refractivity contribution in [3.63, 3.8) is 0 Å². The van der Waals surface area contributed by atoms with Gasteiger partial charge in [0.25, 0.3) is 5.56 Å². The Morgan fingerprint density at radius 3 is 2.48 bits per heavy atom. The molecule has 0 fully saturated rings. The second-order valence-electron chi connectivity index (χ2n) is 7.50. The maximum atomic E-state index is 13.1. The molecule has 0 saturated carbocycles. The largest absolute Gasteiger partial charge is 0.441 e. The Bertz CT molecular complexity index is 1380. The van der Waals surface area contributed by atoms with Crippen molar-refractivity contribution in [2.24, 2.45) is 19.1 Å². The summed E-state index contributed by atoms with van der Waals surface area (Å²) in [7, 11) is 2.84. The first-order valence-electron chi connectivity index (χ1n) is 9.76. The van der Waals surface area contributed by atoms with Gasteiger partial charge in [0.2, 0.25) is 5.90 Å². The molecule has 0 spiro atoms. The van der Waals surface area contributed by atoms with Crippen LogP contribution in [0.4, 0.5) is 24.7 Å². The molecule has 0 amide bonds. The Labute approximate surface area is 194 Å². The van der Waals surface area contributed by atoms with Crippen molar-refractivity contribution in [2.75, 3.05) is 11.4 Å². The van der Waals surface area contributed by atoms with Gasteiger partial charge in [-0.15, -0.1) is 0 Å². The molecule has 7 nitrogen and oxygen atoms in total. The molecular formula is C22H18BrF3N4O3. The predicted octanol–water partition coefficient (Wildman–Crippen LogP) is 3.99. The van der Waals surface area contributed by atoms with E-state index >= 15 is 0 Å². The Kier molecular flexibility index (Phi) is 5.91. The number of hydrogen-bond donors (Lipinski definition) is 0. The number of benzene rings is 2. The second kappa shape index (κ2) is 8.54. The van der Waals surface area contributed by atoms with E-state index in [-0.39, 0.29) is 36.2 Å². The molecule has 2 aromatic carbocycles. The molecule has 33 heavy (non-hydrogen) atoms. The fourth-order valence-corrected chi connectivity index (χ4v) is 3.98. The van der Waals surface area contributed by atoms with Crippen molar-refractivity contribution in [2.45, 2.75) is 12.7 Å². The summed E-state index contributed by atoms with van der Waals surface area (Å²) < 4.78 is 48.0. The zero-order valence-electron chi connectivity index (χ0n) is 17.6. The zero-order chi connectivity index (χ0) is 23.9. The molecule has 0 radical (unpaired) electrons. The first kappa shape index (κ1) is 22.8. The first-order valence-corrected chi connectivity index (χ1v) is 10.6. The van der Waals surface area contributed by atoms with E-state index in [1.54, 1.807) is 4.90 Å². The Hall–Kier alpha value is -3.34. The second-order valence-corrected chi connectivity index (χ2v) is 8.41. The highest BCUT2D eigenvalue weighted by molar-refractivity contribution is 9.10. The molecule has 2 heterocycles. The van der Waals surface area contributed by atoms with Crippen molar-refractivity contribution >= 4 is 33.3 Å². The number of nitrogens with zero attached hydrogens (tertiary/aromatic N) is 4. The molecule has 1 aliphatic heterocycles. The minimum Gasteiger partial charge on any atom is -0.441 e. The molecule has 1 aromatic heterocycles. The van der Waals surface area contributed by atoms with Crippen LogP contribution in [0.3, 0.4) is 0 Å². The topological polar surface area (TPSA) is 68.8 Å². The lowest BCUT2D eigenvalue weighted by molar-refractivity contribution is -0.137. The van der Waals surface area contributed by atoms with Gasteiger partial charge < -0.3 is 9.64 Å². The summed E-state index contributed by atoms with van der Waals surface area (Å²) >= 11 is 3.41. The summed E-state index contributed by atoms with van der Waals surface area (Å²) in [6.07, 6.45) is -4.52. The highest BCUT2D eigenvalue weighted by atomic mass is 79.9. The molecule has 0 saturated heterocycles. The number of ether oxygens (including phenoxy) is 1. The van der Waals surface area contributed by atoms with Gasteiger partial charge in [-0.05, 0) is 35.9 Å². The SMILES string of the molecule is Cn1c2c(c(=O)n(C)c1=O)N(Cc1cccc(Br)c1)CC(Oc1cccc(C(F)(F)F)c1)=N2. The smallest absolute Gasteiger partial charge is 0.416 e. The number of rotatable bonds is 3. The fraction of sp³-hybridized carbons (Fsp3) is 0.227. The van der Waals surface area contributed by atoms with E-state index in [1.165, 1.54) is 30.8 Å². The van der Waals surface area contributed by atoms with Crippen LogP contribution < -0.4 is 20.9 Å². The van der Waals surface area contributed by atoms with Crippen LogP contribution in [-0.4, -0.2) is 21.6 Å². The number of aromatic nitrogens is 2. The molecule has 0 N–H and O–H groups in total. The van der Waals surface area contributed by atoms with Crippen molar-refractivity contribution in [1.82, 2.24) is 9.13 Å². The van der Waals surface area contributed by atoms with Gasteiger partial charge in [-0.1, -0.05) is 34.1 Å². The minimum atomic E-state index is -4.52. The van der Waals surface area contributed by atoms with Gasteiger partial charge >= 0.3 is 11.9 Å². The summed E-state index contributed by atoms with van der Waals surface area (Å²) in [6, 6.07) is 11.9. The molecule has 172 valence electrons. The summed E-state index contributed by atoms with van der Waals surface area (Å²) in [4.78, 5) is 31.4. The van der Waals surface area contributed by atoms with Crippen LogP contribution in [0.25, 0.3) is 0 Å². The zero-order valence-corrected chi connectivity index (χ0v) is 19.1.